The van der Waals surface area contributed by atoms with Crippen molar-refractivity contribution in [1.82, 2.24) is 0 Å². The molecule has 0 spiro atoms. The van der Waals surface area contributed by atoms with Crippen molar-refractivity contribution in [3.63, 3.8) is 0 Å². The Kier molecular flexibility index (Phi) is 4.71. The van der Waals surface area contributed by atoms with Crippen molar-refractivity contribution >= 4 is 11.8 Å². The van der Waals surface area contributed by atoms with E-state index in [1.54, 1.807) is 0 Å². The van der Waals surface area contributed by atoms with Gasteiger partial charge in [-0.3, -0.25) is 4.79 Å². The zero-order chi connectivity index (χ0) is 13.9. The van der Waals surface area contributed by atoms with Crippen LogP contribution in [0.4, 0.5) is 0 Å². The van der Waals surface area contributed by atoms with Gasteiger partial charge in [-0.2, -0.15) is 0 Å². The topological polar surface area (TPSA) is 43.4 Å². The first-order chi connectivity index (χ1) is 8.22. The molecule has 0 aromatic rings. The van der Waals surface area contributed by atoms with Crippen LogP contribution in [0, 0.1) is 5.41 Å². The Morgan fingerprint density at radius 2 is 1.89 bits per heavy atom. The van der Waals surface area contributed by atoms with Crippen LogP contribution in [0.25, 0.3) is 0 Å². The van der Waals surface area contributed by atoms with Gasteiger partial charge in [-0.25, -0.2) is 0 Å². The predicted molar refractivity (Wildman–Crippen MR) is 71.2 cm³/mol. The Morgan fingerprint density at radius 3 is 2.39 bits per heavy atom. The van der Waals surface area contributed by atoms with Crippen LogP contribution < -0.4 is 0 Å². The van der Waals surface area contributed by atoms with Gasteiger partial charge in [0.25, 0.3) is 0 Å². The summed E-state index contributed by atoms with van der Waals surface area (Å²) in [5.41, 5.74) is 2.81. The highest BCUT2D eigenvalue weighted by atomic mass is 16.5. The molecule has 3 nitrogen and oxygen atoms in total. The minimum absolute atomic E-state index is 0.0304. The summed E-state index contributed by atoms with van der Waals surface area (Å²) in [6.45, 7) is 10.1. The number of esters is 1. The van der Waals surface area contributed by atoms with Gasteiger partial charge in [-0.05, 0) is 32.6 Å². The van der Waals surface area contributed by atoms with Gasteiger partial charge in [0.1, 0.15) is 11.9 Å². The highest BCUT2D eigenvalue weighted by Crippen LogP contribution is 2.40. The second-order valence-electron chi connectivity index (χ2n) is 6.01. The van der Waals surface area contributed by atoms with Gasteiger partial charge in [0.05, 0.1) is 6.42 Å². The SMILES string of the molecule is CC(=O)CCC(=O)OC1CC(C)=C(C)C(C)(C)C1. The maximum atomic E-state index is 11.6. The molecule has 0 saturated carbocycles. The molecule has 1 unspecified atom stereocenters. The third-order valence-electron chi connectivity index (χ3n) is 3.91. The molecule has 0 heterocycles. The molecule has 0 amide bonds. The summed E-state index contributed by atoms with van der Waals surface area (Å²) in [6, 6.07) is 0. The van der Waals surface area contributed by atoms with E-state index in [4.69, 9.17) is 4.74 Å². The number of hydrogen-bond donors (Lipinski definition) is 0. The summed E-state index contributed by atoms with van der Waals surface area (Å²) in [4.78, 5) is 22.4. The molecule has 0 radical (unpaired) electrons. The average molecular weight is 252 g/mol. The number of hydrogen-bond acceptors (Lipinski definition) is 3. The lowest BCUT2D eigenvalue weighted by atomic mass is 9.72. The molecule has 0 aliphatic heterocycles. The summed E-state index contributed by atoms with van der Waals surface area (Å²) in [7, 11) is 0. The second kappa shape index (κ2) is 5.68. The number of Topliss-reactive ketones (excluding diaryl/α,β-unsaturated/α-hetero) is 1. The summed E-state index contributed by atoms with van der Waals surface area (Å²) in [5.74, 6) is -0.221. The zero-order valence-corrected chi connectivity index (χ0v) is 12.1. The van der Waals surface area contributed by atoms with Gasteiger partial charge in [0, 0.05) is 12.8 Å². The summed E-state index contributed by atoms with van der Waals surface area (Å²) < 4.78 is 5.47. The number of ether oxygens (including phenoxy) is 1. The number of allylic oxidation sites excluding steroid dienone is 1. The molecule has 0 N–H and O–H groups in total. The van der Waals surface area contributed by atoms with Crippen LogP contribution in [0.5, 0.6) is 0 Å². The van der Waals surface area contributed by atoms with Gasteiger partial charge in [0.15, 0.2) is 0 Å². The number of carbonyl (C=O) groups is 2. The Balaban J connectivity index is 2.56. The zero-order valence-electron chi connectivity index (χ0n) is 12.1. The van der Waals surface area contributed by atoms with Gasteiger partial charge in [0.2, 0.25) is 0 Å². The van der Waals surface area contributed by atoms with Crippen LogP contribution in [0.15, 0.2) is 11.1 Å². The third-order valence-corrected chi connectivity index (χ3v) is 3.91. The standard InChI is InChI=1S/C15H24O3/c1-10-8-13(9-15(4,5)12(10)3)18-14(17)7-6-11(2)16/h13H,6-9H2,1-5H3. The molecule has 3 heteroatoms. The molecular formula is C15H24O3. The van der Waals surface area contributed by atoms with Crippen molar-refractivity contribution in [2.24, 2.45) is 5.41 Å². The van der Waals surface area contributed by atoms with E-state index in [0.29, 0.717) is 0 Å². The van der Waals surface area contributed by atoms with Gasteiger partial charge >= 0.3 is 5.97 Å². The van der Waals surface area contributed by atoms with Crippen molar-refractivity contribution in [2.75, 3.05) is 0 Å². The second-order valence-corrected chi connectivity index (χ2v) is 6.01. The fraction of sp³-hybridized carbons (Fsp3) is 0.733. The first-order valence-corrected chi connectivity index (χ1v) is 6.58. The van der Waals surface area contributed by atoms with E-state index in [0.717, 1.165) is 12.8 Å². The van der Waals surface area contributed by atoms with Crippen molar-refractivity contribution < 1.29 is 14.3 Å². The smallest absolute Gasteiger partial charge is 0.306 e. The molecule has 1 aliphatic rings. The Labute approximate surface area is 110 Å². The summed E-state index contributed by atoms with van der Waals surface area (Å²) in [5, 5.41) is 0. The van der Waals surface area contributed by atoms with E-state index in [1.807, 2.05) is 0 Å². The molecule has 1 atom stereocenters. The number of ketones is 1. The van der Waals surface area contributed by atoms with Crippen LogP contribution in [0.1, 0.15) is 60.3 Å². The Bertz CT molecular complexity index is 377. The highest BCUT2D eigenvalue weighted by molar-refractivity contribution is 5.81. The summed E-state index contributed by atoms with van der Waals surface area (Å²) in [6.07, 6.45) is 2.13. The van der Waals surface area contributed by atoms with Crippen LogP contribution >= 0.6 is 0 Å². The molecule has 1 rings (SSSR count). The van der Waals surface area contributed by atoms with Crippen LogP contribution in [-0.4, -0.2) is 17.9 Å². The maximum Gasteiger partial charge on any atom is 0.306 e. The largest absolute Gasteiger partial charge is 0.462 e. The van der Waals surface area contributed by atoms with Gasteiger partial charge < -0.3 is 9.53 Å². The number of rotatable bonds is 4. The van der Waals surface area contributed by atoms with Crippen molar-refractivity contribution in [2.45, 2.75) is 66.4 Å². The van der Waals surface area contributed by atoms with E-state index in [1.165, 1.54) is 18.1 Å². The van der Waals surface area contributed by atoms with Crippen molar-refractivity contribution in [3.05, 3.63) is 11.1 Å². The van der Waals surface area contributed by atoms with E-state index >= 15 is 0 Å². The fourth-order valence-electron chi connectivity index (χ4n) is 2.47. The molecule has 0 aromatic carbocycles. The summed E-state index contributed by atoms with van der Waals surface area (Å²) >= 11 is 0. The van der Waals surface area contributed by atoms with Gasteiger partial charge in [-0.15, -0.1) is 0 Å². The molecular weight excluding hydrogens is 228 g/mol. The molecule has 18 heavy (non-hydrogen) atoms. The Morgan fingerprint density at radius 1 is 1.28 bits per heavy atom. The number of carbonyl (C=O) groups excluding carboxylic acids is 2. The predicted octanol–water partition coefficient (Wildman–Crippen LogP) is 3.42. The minimum atomic E-state index is -0.252. The third kappa shape index (κ3) is 3.97. The molecule has 0 fully saturated rings. The minimum Gasteiger partial charge on any atom is -0.462 e. The molecule has 102 valence electrons. The first-order valence-electron chi connectivity index (χ1n) is 6.58. The lowest BCUT2D eigenvalue weighted by Gasteiger charge is -2.37. The van der Waals surface area contributed by atoms with E-state index in [-0.39, 0.29) is 36.1 Å². The van der Waals surface area contributed by atoms with E-state index < -0.39 is 0 Å². The first kappa shape index (κ1) is 14.9. The van der Waals surface area contributed by atoms with Crippen LogP contribution in [0.2, 0.25) is 0 Å². The van der Waals surface area contributed by atoms with Crippen molar-refractivity contribution in [1.29, 1.82) is 0 Å². The normalized spacial score (nSPS) is 22.8. The van der Waals surface area contributed by atoms with Gasteiger partial charge in [-0.1, -0.05) is 25.0 Å². The lowest BCUT2D eigenvalue weighted by molar-refractivity contribution is -0.151. The molecule has 0 saturated heterocycles. The van der Waals surface area contributed by atoms with E-state index in [9.17, 15) is 9.59 Å². The van der Waals surface area contributed by atoms with Crippen LogP contribution in [-0.2, 0) is 14.3 Å². The monoisotopic (exact) mass is 252 g/mol. The molecule has 0 aromatic heterocycles. The molecule has 0 bridgehead atoms. The average Bonchev–Trinajstić information content (AvgIpc) is 2.22. The quantitative estimate of drug-likeness (QED) is 0.568. The fourth-order valence-corrected chi connectivity index (χ4v) is 2.47. The lowest BCUT2D eigenvalue weighted by Crippen LogP contribution is -2.31. The van der Waals surface area contributed by atoms with Crippen LogP contribution in [0.3, 0.4) is 0 Å². The molecule has 1 aliphatic carbocycles. The highest BCUT2D eigenvalue weighted by Gasteiger charge is 2.33. The maximum absolute atomic E-state index is 11.6. The Hall–Kier alpha value is -1.12. The van der Waals surface area contributed by atoms with E-state index in [2.05, 4.69) is 27.7 Å². The van der Waals surface area contributed by atoms with Crippen molar-refractivity contribution in [3.8, 4) is 0 Å².